The molecule has 1 aromatic heterocycles. The topological polar surface area (TPSA) is 79.0 Å². The van der Waals surface area contributed by atoms with Gasteiger partial charge in [0.05, 0.1) is 20.4 Å². The van der Waals surface area contributed by atoms with Gasteiger partial charge in [-0.3, -0.25) is 0 Å². The fourth-order valence-corrected chi connectivity index (χ4v) is 2.36. The van der Waals surface area contributed by atoms with Crippen LogP contribution in [0, 0.1) is 0 Å². The molecule has 1 heterocycles. The van der Waals surface area contributed by atoms with Crippen molar-refractivity contribution in [3.63, 3.8) is 0 Å². The van der Waals surface area contributed by atoms with Crippen molar-refractivity contribution in [3.05, 3.63) is 58.9 Å². The molecule has 7 nitrogen and oxygen atoms in total. The Balaban J connectivity index is 1.62. The molecule has 0 aliphatic carbocycles. The number of hydrogen-bond donors (Lipinski definition) is 0. The molecular weight excluding hydrogens is 358 g/mol. The summed E-state index contributed by atoms with van der Waals surface area (Å²) < 4.78 is 15.7. The van der Waals surface area contributed by atoms with E-state index < -0.39 is 0 Å². The van der Waals surface area contributed by atoms with Crippen molar-refractivity contribution in [2.45, 2.75) is 6.61 Å². The summed E-state index contributed by atoms with van der Waals surface area (Å²) >= 11 is 5.86. The first kappa shape index (κ1) is 17.8. The SMILES string of the molecule is COc1cccc(/C=N\OCc2nc(-c3ccc(Cl)cc3)no2)c1OC. The molecule has 3 rings (SSSR count). The van der Waals surface area contributed by atoms with Gasteiger partial charge in [0.1, 0.15) is 0 Å². The van der Waals surface area contributed by atoms with E-state index in [1.54, 1.807) is 32.4 Å². The predicted molar refractivity (Wildman–Crippen MR) is 96.7 cm³/mol. The van der Waals surface area contributed by atoms with Crippen LogP contribution >= 0.6 is 11.6 Å². The number of oxime groups is 1. The number of nitrogens with zero attached hydrogens (tertiary/aromatic N) is 3. The summed E-state index contributed by atoms with van der Waals surface area (Å²) in [6.07, 6.45) is 1.53. The van der Waals surface area contributed by atoms with Gasteiger partial charge in [0.15, 0.2) is 18.1 Å². The summed E-state index contributed by atoms with van der Waals surface area (Å²) in [5.41, 5.74) is 1.52. The van der Waals surface area contributed by atoms with E-state index in [1.165, 1.54) is 6.21 Å². The van der Waals surface area contributed by atoms with Gasteiger partial charge in [0.25, 0.3) is 5.89 Å². The van der Waals surface area contributed by atoms with Crippen molar-refractivity contribution in [1.82, 2.24) is 10.1 Å². The number of hydrogen-bond acceptors (Lipinski definition) is 7. The highest BCUT2D eigenvalue weighted by Gasteiger charge is 2.10. The Morgan fingerprint density at radius 2 is 1.92 bits per heavy atom. The van der Waals surface area contributed by atoms with Gasteiger partial charge in [-0.25, -0.2) is 0 Å². The van der Waals surface area contributed by atoms with E-state index in [-0.39, 0.29) is 6.61 Å². The van der Waals surface area contributed by atoms with Crippen LogP contribution in [0.5, 0.6) is 11.5 Å². The Labute approximate surface area is 155 Å². The largest absolute Gasteiger partial charge is 0.493 e. The standard InChI is InChI=1S/C18H16ClN3O4/c1-23-15-5-3-4-13(17(15)24-2)10-20-25-11-16-21-18(22-26-16)12-6-8-14(19)9-7-12/h3-10H,11H2,1-2H3/b20-10-. The van der Waals surface area contributed by atoms with E-state index in [4.69, 9.17) is 30.4 Å². The van der Waals surface area contributed by atoms with Crippen molar-refractivity contribution in [1.29, 1.82) is 0 Å². The molecule has 0 fully saturated rings. The smallest absolute Gasteiger partial charge is 0.267 e. The lowest BCUT2D eigenvalue weighted by molar-refractivity contribution is 0.107. The first-order chi connectivity index (χ1) is 12.7. The van der Waals surface area contributed by atoms with Crippen molar-refractivity contribution in [3.8, 4) is 22.9 Å². The highest BCUT2D eigenvalue weighted by Crippen LogP contribution is 2.29. The summed E-state index contributed by atoms with van der Waals surface area (Å²) in [6.45, 7) is 0.0450. The first-order valence-corrected chi connectivity index (χ1v) is 8.04. The molecule has 0 atom stereocenters. The number of methoxy groups -OCH3 is 2. The monoisotopic (exact) mass is 373 g/mol. The minimum atomic E-state index is 0.0450. The van der Waals surface area contributed by atoms with Gasteiger partial charge in [-0.15, -0.1) is 0 Å². The van der Waals surface area contributed by atoms with Crippen LogP contribution in [0.1, 0.15) is 11.5 Å². The second-order valence-electron chi connectivity index (χ2n) is 5.11. The Morgan fingerprint density at radius 3 is 2.65 bits per heavy atom. The van der Waals surface area contributed by atoms with Crippen molar-refractivity contribution in [2.24, 2.45) is 5.16 Å². The normalized spacial score (nSPS) is 10.9. The molecule has 0 N–H and O–H groups in total. The molecule has 3 aromatic rings. The molecule has 0 saturated carbocycles. The van der Waals surface area contributed by atoms with Crippen molar-refractivity contribution < 1.29 is 18.8 Å². The third-order valence-electron chi connectivity index (χ3n) is 3.46. The first-order valence-electron chi connectivity index (χ1n) is 7.66. The quantitative estimate of drug-likeness (QED) is 0.460. The molecule has 0 aliphatic heterocycles. The minimum Gasteiger partial charge on any atom is -0.493 e. The Morgan fingerprint density at radius 1 is 1.12 bits per heavy atom. The molecular formula is C18H16ClN3O4. The summed E-state index contributed by atoms with van der Waals surface area (Å²) in [7, 11) is 3.13. The fourth-order valence-electron chi connectivity index (χ4n) is 2.23. The molecule has 2 aromatic carbocycles. The van der Waals surface area contributed by atoms with Gasteiger partial charge < -0.3 is 18.8 Å². The Hall–Kier alpha value is -3.06. The van der Waals surface area contributed by atoms with Crippen LogP contribution in [0.25, 0.3) is 11.4 Å². The second kappa shape index (κ2) is 8.35. The molecule has 0 amide bonds. The van der Waals surface area contributed by atoms with Gasteiger partial charge in [-0.1, -0.05) is 28.0 Å². The van der Waals surface area contributed by atoms with E-state index in [2.05, 4.69) is 15.3 Å². The molecule has 0 radical (unpaired) electrons. The maximum atomic E-state index is 5.86. The average Bonchev–Trinajstić information content (AvgIpc) is 3.14. The van der Waals surface area contributed by atoms with Crippen molar-refractivity contribution >= 4 is 17.8 Å². The van der Waals surface area contributed by atoms with Gasteiger partial charge in [0.2, 0.25) is 5.82 Å². The van der Waals surface area contributed by atoms with Crippen LogP contribution in [-0.2, 0) is 11.4 Å². The summed E-state index contributed by atoms with van der Waals surface area (Å²) in [5, 5.41) is 8.46. The van der Waals surface area contributed by atoms with E-state index in [0.717, 1.165) is 11.1 Å². The fraction of sp³-hybridized carbons (Fsp3) is 0.167. The molecule has 8 heteroatoms. The number of rotatable bonds is 7. The third kappa shape index (κ3) is 4.12. The number of ether oxygens (including phenoxy) is 2. The number of halogens is 1. The van der Waals surface area contributed by atoms with Gasteiger partial charge in [-0.2, -0.15) is 4.98 Å². The van der Waals surface area contributed by atoms with Gasteiger partial charge in [-0.05, 0) is 36.4 Å². The van der Waals surface area contributed by atoms with E-state index in [1.807, 2.05) is 24.3 Å². The van der Waals surface area contributed by atoms with E-state index >= 15 is 0 Å². The average molecular weight is 374 g/mol. The summed E-state index contributed by atoms with van der Waals surface area (Å²) in [5.74, 6) is 1.95. The highest BCUT2D eigenvalue weighted by atomic mass is 35.5. The molecule has 0 spiro atoms. The lowest BCUT2D eigenvalue weighted by Crippen LogP contribution is -1.95. The lowest BCUT2D eigenvalue weighted by Gasteiger charge is -2.09. The molecule has 134 valence electrons. The van der Waals surface area contributed by atoms with Crippen LogP contribution in [-0.4, -0.2) is 30.6 Å². The Bertz CT molecular complexity index is 894. The minimum absolute atomic E-state index is 0.0450. The van der Waals surface area contributed by atoms with Crippen molar-refractivity contribution in [2.75, 3.05) is 14.2 Å². The Kier molecular flexibility index (Phi) is 5.70. The maximum Gasteiger partial charge on any atom is 0.267 e. The summed E-state index contributed by atoms with van der Waals surface area (Å²) in [6, 6.07) is 12.6. The molecule has 26 heavy (non-hydrogen) atoms. The van der Waals surface area contributed by atoms with Gasteiger partial charge >= 0.3 is 0 Å². The van der Waals surface area contributed by atoms with Crippen LogP contribution < -0.4 is 9.47 Å². The highest BCUT2D eigenvalue weighted by molar-refractivity contribution is 6.30. The molecule has 0 aliphatic rings. The molecule has 0 saturated heterocycles. The lowest BCUT2D eigenvalue weighted by atomic mass is 10.2. The maximum absolute atomic E-state index is 5.86. The zero-order valence-corrected chi connectivity index (χ0v) is 14.9. The number of benzene rings is 2. The second-order valence-corrected chi connectivity index (χ2v) is 5.55. The predicted octanol–water partition coefficient (Wildman–Crippen LogP) is 3.96. The van der Waals surface area contributed by atoms with E-state index in [9.17, 15) is 0 Å². The molecule has 0 unspecified atom stereocenters. The van der Waals surface area contributed by atoms with Crippen LogP contribution in [0.3, 0.4) is 0 Å². The van der Waals surface area contributed by atoms with Crippen LogP contribution in [0.15, 0.2) is 52.1 Å². The van der Waals surface area contributed by atoms with Crippen LogP contribution in [0.2, 0.25) is 5.02 Å². The number of para-hydroxylation sites is 1. The van der Waals surface area contributed by atoms with E-state index in [0.29, 0.717) is 28.2 Å². The molecule has 0 bridgehead atoms. The van der Waals surface area contributed by atoms with Gasteiger partial charge in [0, 0.05) is 16.1 Å². The third-order valence-corrected chi connectivity index (χ3v) is 3.71. The number of aromatic nitrogens is 2. The summed E-state index contributed by atoms with van der Waals surface area (Å²) in [4.78, 5) is 9.47. The zero-order chi connectivity index (χ0) is 18.4. The van der Waals surface area contributed by atoms with Crippen LogP contribution in [0.4, 0.5) is 0 Å². The zero-order valence-electron chi connectivity index (χ0n) is 14.2.